The van der Waals surface area contributed by atoms with E-state index in [-0.39, 0.29) is 44.0 Å². The predicted molar refractivity (Wildman–Crippen MR) is 74.5 cm³/mol. The molecule has 0 amide bonds. The molecular weight excluding hydrogens is 240 g/mol. The second-order valence-electron chi connectivity index (χ2n) is 3.93. The van der Waals surface area contributed by atoms with Gasteiger partial charge < -0.3 is 22.3 Å². The van der Waals surface area contributed by atoms with Gasteiger partial charge in [-0.1, -0.05) is 42.7 Å². The third kappa shape index (κ3) is 3.27. The van der Waals surface area contributed by atoms with Gasteiger partial charge >= 0.3 is 21.7 Å². The minimum atomic E-state index is 0. The molecule has 0 nitrogen and oxygen atoms in total. The summed E-state index contributed by atoms with van der Waals surface area (Å²) in [6.45, 7) is 0. The van der Waals surface area contributed by atoms with Crippen molar-refractivity contribution in [1.29, 1.82) is 0 Å². The predicted octanol–water partition coefficient (Wildman–Crippen LogP) is 4.73. The topological polar surface area (TPSA) is 0 Å². The van der Waals surface area contributed by atoms with E-state index in [2.05, 4.69) is 30.7 Å². The summed E-state index contributed by atoms with van der Waals surface area (Å²) in [4.78, 5) is 0. The van der Waals surface area contributed by atoms with E-state index in [0.717, 1.165) is 0 Å². The van der Waals surface area contributed by atoms with E-state index in [9.17, 15) is 0 Å². The molecule has 0 N–H and O–H groups in total. The third-order valence-electron chi connectivity index (χ3n) is 3.13. The van der Waals surface area contributed by atoms with Crippen molar-refractivity contribution >= 4 is 5.57 Å². The smallest absolute Gasteiger partial charge is 0.358 e. The number of allylic oxidation sites excluding steroid dienone is 2. The third-order valence-corrected chi connectivity index (χ3v) is 3.13. The standard InChI is InChI=1S/C13H13.3CH3.Ti/c1-3-7-12-10(5-1)9-11-6-2-4-8-13(11)12;;;;/h1,3,5-7H,2,4,8-9H2;3*1H3;/q4*-1;+4. The van der Waals surface area contributed by atoms with Crippen LogP contribution >= 0.6 is 0 Å². The Morgan fingerprint density at radius 1 is 1.00 bits per heavy atom. The van der Waals surface area contributed by atoms with Gasteiger partial charge in [-0.05, 0) is 6.42 Å². The van der Waals surface area contributed by atoms with Crippen LogP contribution in [0.1, 0.15) is 30.4 Å². The van der Waals surface area contributed by atoms with E-state index in [0.29, 0.717) is 0 Å². The van der Waals surface area contributed by atoms with E-state index >= 15 is 0 Å². The largest absolute Gasteiger partial charge is 4.00 e. The molecule has 0 bridgehead atoms. The normalized spacial score (nSPS) is 14.8. The maximum Gasteiger partial charge on any atom is 4.00 e. The molecule has 0 unspecified atom stereocenters. The molecule has 0 heterocycles. The van der Waals surface area contributed by atoms with Crippen LogP contribution in [0.15, 0.2) is 29.8 Å². The van der Waals surface area contributed by atoms with Gasteiger partial charge in [0.25, 0.3) is 0 Å². The summed E-state index contributed by atoms with van der Waals surface area (Å²) in [5, 5.41) is 0. The summed E-state index contributed by atoms with van der Waals surface area (Å²) in [6.07, 6.45) is 7.53. The van der Waals surface area contributed by atoms with Crippen LogP contribution in [0.25, 0.3) is 5.57 Å². The van der Waals surface area contributed by atoms with E-state index in [1.807, 2.05) is 0 Å². The Bertz CT molecular complexity index is 377. The first-order chi connectivity index (χ1) is 6.45. The van der Waals surface area contributed by atoms with Crippen molar-refractivity contribution in [2.45, 2.75) is 25.7 Å². The second-order valence-corrected chi connectivity index (χ2v) is 3.93. The Labute approximate surface area is 122 Å². The van der Waals surface area contributed by atoms with Crippen LogP contribution in [-0.4, -0.2) is 0 Å². The van der Waals surface area contributed by atoms with Gasteiger partial charge in [0.2, 0.25) is 0 Å². The van der Waals surface area contributed by atoms with E-state index in [4.69, 9.17) is 0 Å². The molecule has 1 aromatic carbocycles. The van der Waals surface area contributed by atoms with Crippen LogP contribution in [0, 0.1) is 28.7 Å². The van der Waals surface area contributed by atoms with Crippen LogP contribution in [0.2, 0.25) is 0 Å². The first-order valence-electron chi connectivity index (χ1n) is 5.08. The van der Waals surface area contributed by atoms with Crippen molar-refractivity contribution in [3.05, 3.63) is 69.7 Å². The molecule has 1 aromatic rings. The van der Waals surface area contributed by atoms with Gasteiger partial charge in [-0.15, -0.1) is 12.0 Å². The van der Waals surface area contributed by atoms with Crippen LogP contribution in [-0.2, 0) is 28.1 Å². The minimum absolute atomic E-state index is 0. The zero-order valence-electron chi connectivity index (χ0n) is 11.2. The van der Waals surface area contributed by atoms with Crippen molar-refractivity contribution in [2.75, 3.05) is 0 Å². The monoisotopic (exact) mass is 262 g/mol. The molecule has 3 rings (SSSR count). The van der Waals surface area contributed by atoms with Gasteiger partial charge in [0.15, 0.2) is 0 Å². The Balaban J connectivity index is 0. The Hall–Kier alpha value is -0.456. The SMILES string of the molecule is [CH3-].[CH3-].[CH3-].[Ti+4].c1ccc2c(c1)CC1=C2CCC[CH-]1. The Kier molecular flexibility index (Phi) is 8.66. The molecule has 0 aliphatic heterocycles. The van der Waals surface area contributed by atoms with Gasteiger partial charge in [0, 0.05) is 0 Å². The molecule has 90 valence electrons. The maximum atomic E-state index is 2.43. The second kappa shape index (κ2) is 7.79. The zero-order valence-corrected chi connectivity index (χ0v) is 12.8. The molecule has 0 spiro atoms. The molecule has 2 aliphatic carbocycles. The summed E-state index contributed by atoms with van der Waals surface area (Å²) in [7, 11) is 0. The molecule has 0 saturated carbocycles. The molecule has 0 radical (unpaired) electrons. The molecule has 1 heteroatoms. The first-order valence-corrected chi connectivity index (χ1v) is 5.08. The number of hydrogen-bond acceptors (Lipinski definition) is 0. The van der Waals surface area contributed by atoms with Crippen molar-refractivity contribution in [1.82, 2.24) is 0 Å². The van der Waals surface area contributed by atoms with Crippen molar-refractivity contribution < 1.29 is 21.7 Å². The number of fused-ring (bicyclic) bond motifs is 2. The van der Waals surface area contributed by atoms with Crippen LogP contribution < -0.4 is 0 Å². The number of hydrogen-bond donors (Lipinski definition) is 0. The summed E-state index contributed by atoms with van der Waals surface area (Å²) >= 11 is 0. The van der Waals surface area contributed by atoms with Crippen LogP contribution in [0.3, 0.4) is 0 Å². The summed E-state index contributed by atoms with van der Waals surface area (Å²) in [6, 6.07) is 8.85. The van der Waals surface area contributed by atoms with Crippen molar-refractivity contribution in [3.8, 4) is 0 Å². The fraction of sp³-hybridized carbons (Fsp3) is 0.250. The molecule has 0 saturated heterocycles. The molecule has 2 aliphatic rings. The summed E-state index contributed by atoms with van der Waals surface area (Å²) < 4.78 is 0. The molecule has 0 atom stereocenters. The number of benzene rings is 1. The quantitative estimate of drug-likeness (QED) is 0.468. The Morgan fingerprint density at radius 2 is 1.71 bits per heavy atom. The zero-order chi connectivity index (χ0) is 8.67. The first kappa shape index (κ1) is 18.9. The van der Waals surface area contributed by atoms with Crippen molar-refractivity contribution in [3.63, 3.8) is 0 Å². The molecular formula is C16H22Ti. The fourth-order valence-corrected chi connectivity index (χ4v) is 2.50. The van der Waals surface area contributed by atoms with E-state index in [1.54, 1.807) is 11.1 Å². The van der Waals surface area contributed by atoms with Gasteiger partial charge in [0.05, 0.1) is 0 Å². The fourth-order valence-electron chi connectivity index (χ4n) is 2.50. The van der Waals surface area contributed by atoms with Crippen molar-refractivity contribution in [2.24, 2.45) is 0 Å². The van der Waals surface area contributed by atoms with Gasteiger partial charge in [-0.3, -0.25) is 0 Å². The average molecular weight is 262 g/mol. The number of rotatable bonds is 0. The Morgan fingerprint density at radius 3 is 2.47 bits per heavy atom. The molecule has 17 heavy (non-hydrogen) atoms. The average Bonchev–Trinajstić information content (AvgIpc) is 2.56. The van der Waals surface area contributed by atoms with Crippen LogP contribution in [0.5, 0.6) is 0 Å². The molecule has 0 aromatic heterocycles. The molecule has 0 fully saturated rings. The summed E-state index contributed by atoms with van der Waals surface area (Å²) in [5.74, 6) is 0. The van der Waals surface area contributed by atoms with E-state index in [1.165, 1.54) is 36.8 Å². The van der Waals surface area contributed by atoms with E-state index < -0.39 is 0 Å². The van der Waals surface area contributed by atoms with Crippen LogP contribution in [0.4, 0.5) is 0 Å². The van der Waals surface area contributed by atoms with Gasteiger partial charge in [0.1, 0.15) is 0 Å². The summed E-state index contributed by atoms with van der Waals surface area (Å²) in [5.41, 5.74) is 6.29. The van der Waals surface area contributed by atoms with Gasteiger partial charge in [-0.2, -0.15) is 5.57 Å². The minimum Gasteiger partial charge on any atom is -0.358 e. The van der Waals surface area contributed by atoms with Gasteiger partial charge in [-0.25, -0.2) is 12.0 Å². The maximum absolute atomic E-state index is 2.43.